The van der Waals surface area contributed by atoms with Crippen molar-refractivity contribution in [2.24, 2.45) is 40.5 Å². The van der Waals surface area contributed by atoms with E-state index in [1.165, 1.54) is 24.3 Å². The molecule has 0 aliphatic carbocycles. The van der Waals surface area contributed by atoms with Crippen molar-refractivity contribution in [3.63, 3.8) is 0 Å². The van der Waals surface area contributed by atoms with Crippen molar-refractivity contribution in [1.82, 2.24) is 111 Å². The van der Waals surface area contributed by atoms with Gasteiger partial charge in [-0.3, -0.25) is 102 Å². The fraction of sp³-hybridized carbons (Fsp3) is 0.639. The number of aromatic nitrogens is 2. The van der Waals surface area contributed by atoms with Crippen molar-refractivity contribution in [3.05, 3.63) is 54.1 Å². The van der Waals surface area contributed by atoms with Gasteiger partial charge >= 0.3 is 0 Å². The van der Waals surface area contributed by atoms with Gasteiger partial charge in [0, 0.05) is 45.6 Å². The van der Waals surface area contributed by atoms with Crippen LogP contribution >= 0.6 is 0 Å². The number of aromatic amines is 1. The van der Waals surface area contributed by atoms with E-state index in [4.69, 9.17) is 44.2 Å². The van der Waals surface area contributed by atoms with Gasteiger partial charge in [-0.15, -0.1) is 0 Å². The molecule has 3 heterocycles. The van der Waals surface area contributed by atoms with Crippen molar-refractivity contribution in [3.8, 4) is 0 Å². The number of nitrogens with zero attached hydrogens (tertiary/aromatic N) is 2. The molecule has 764 valence electrons. The molecule has 1 aromatic heterocycles. The minimum absolute atomic E-state index is 0.0412. The van der Waals surface area contributed by atoms with Crippen LogP contribution in [0.5, 0.6) is 0 Å². The molecule has 19 amide bonds. The van der Waals surface area contributed by atoms with Crippen LogP contribution in [0, 0.1) is 22.7 Å². The largest absolute Gasteiger partial charge is 0.394 e. The maximum absolute atomic E-state index is 14.7. The smallest absolute Gasteiger partial charge is 0.245 e. The second-order valence-corrected chi connectivity index (χ2v) is 33.2. The molecule has 0 bridgehead atoms. The Balaban J connectivity index is 1.51. The van der Waals surface area contributed by atoms with E-state index in [1.54, 1.807) is 58.0 Å². The van der Waals surface area contributed by atoms with Gasteiger partial charge in [-0.1, -0.05) is 70.9 Å². The number of ether oxygens (including phenoxy) is 1. The van der Waals surface area contributed by atoms with Crippen LogP contribution in [0.4, 0.5) is 0 Å². The average Bonchev–Trinajstić information content (AvgIpc) is 1.67. The molecule has 2 aromatic rings. The second-order valence-electron chi connectivity index (χ2n) is 33.2. The van der Waals surface area contributed by atoms with Crippen LogP contribution in [0.3, 0.4) is 0 Å². The van der Waals surface area contributed by atoms with Gasteiger partial charge in [0.1, 0.15) is 103 Å². The Kier molecular flexibility index (Phi) is 50.3. The molecule has 2 aliphatic rings. The number of hydrogen-bond acceptors (Lipinski definition) is 30. The zero-order valence-corrected chi connectivity index (χ0v) is 77.5. The Labute approximate surface area is 789 Å². The zero-order valence-electron chi connectivity index (χ0n) is 77.5. The fourth-order valence-corrected chi connectivity index (χ4v) is 14.2. The first-order chi connectivity index (χ1) is 64.8. The summed E-state index contributed by atoms with van der Waals surface area (Å²) in [7, 11) is 0. The monoisotopic (exact) mass is 1940 g/mol. The Morgan fingerprint density at radius 3 is 1.53 bits per heavy atom. The number of amides is 19. The number of benzene rings is 1. The van der Waals surface area contributed by atoms with Gasteiger partial charge in [-0.2, -0.15) is 0 Å². The van der Waals surface area contributed by atoms with E-state index in [1.807, 2.05) is 0 Å². The SMILES string of the molecule is CC[C@H](C)[C@H](NC(=O)[C@H](Cc1c[nH]cn1)NC(=O)[C@@H](NC(=O)[C@H](CO)NC(=O)[C@H](CCCCN)NC(=O)[C@H](CCCNC(=N)N)NC(=O)[C@@H](NC(=O)[C@H](CC(N)=O)NC(=O)[C@H](CC(=O)N[C@H]1CO[C@H](CO)[C@@H](O)[C@@H]1O)NC(=O)[C@H](CO)NC(C)=O)[C@@H](C)O)[C@@H](C)CC)C(=O)NCC(=O)N1CCC[C@H]1C(=O)NCC(=O)N[C@@H](CCCNC(=N)N)C(=O)N[C@@H](C)C(=O)N[C@@H](Cc1ccccc1)C(N)=O. The summed E-state index contributed by atoms with van der Waals surface area (Å²) >= 11 is 0. The summed E-state index contributed by atoms with van der Waals surface area (Å²) in [5.74, 6) is -22.1. The van der Waals surface area contributed by atoms with Gasteiger partial charge in [0.2, 0.25) is 112 Å². The average molecular weight is 1940 g/mol. The van der Waals surface area contributed by atoms with Crippen molar-refractivity contribution in [2.75, 3.05) is 65.7 Å². The molecule has 2 aliphatic heterocycles. The minimum atomic E-state index is -2.13. The molecule has 54 nitrogen and oxygen atoms in total. The van der Waals surface area contributed by atoms with E-state index in [0.717, 1.165) is 13.8 Å². The van der Waals surface area contributed by atoms with E-state index in [0.29, 0.717) is 12.0 Å². The maximum Gasteiger partial charge on any atom is 0.245 e. The lowest BCUT2D eigenvalue weighted by Crippen LogP contribution is -2.63. The molecule has 0 radical (unpaired) electrons. The van der Waals surface area contributed by atoms with Gasteiger partial charge in [-0.25, -0.2) is 4.98 Å². The third-order valence-electron chi connectivity index (χ3n) is 22.4. The Morgan fingerprint density at radius 1 is 0.518 bits per heavy atom. The van der Waals surface area contributed by atoms with Crippen LogP contribution in [0.25, 0.3) is 0 Å². The third kappa shape index (κ3) is 39.8. The topological polar surface area (TPSA) is 881 Å². The molecule has 2 fully saturated rings. The number of imidazole rings is 1. The first kappa shape index (κ1) is 116. The summed E-state index contributed by atoms with van der Waals surface area (Å²) in [5, 5.41) is 121. The lowest BCUT2D eigenvalue weighted by Gasteiger charge is -2.37. The van der Waals surface area contributed by atoms with Gasteiger partial charge in [-0.05, 0) is 95.6 Å². The van der Waals surface area contributed by atoms with E-state index < -0.39 is 297 Å². The Hall–Kier alpha value is -13.4. The van der Waals surface area contributed by atoms with Gasteiger partial charge in [0.05, 0.1) is 76.5 Å². The number of aliphatic hydroxyl groups excluding tert-OH is 6. The quantitative estimate of drug-likeness (QED) is 0.0166. The highest BCUT2D eigenvalue weighted by Crippen LogP contribution is 2.21. The molecule has 137 heavy (non-hydrogen) atoms. The predicted octanol–water partition coefficient (Wildman–Crippen LogP) is -13.8. The van der Waals surface area contributed by atoms with Crippen molar-refractivity contribution < 1.29 is 126 Å². The van der Waals surface area contributed by atoms with Gasteiger partial charge in [0.15, 0.2) is 11.9 Å². The van der Waals surface area contributed by atoms with E-state index in [-0.39, 0.29) is 115 Å². The number of unbranched alkanes of at least 4 members (excludes halogenated alkanes) is 1. The van der Waals surface area contributed by atoms with Crippen LogP contribution in [-0.2, 0) is 109 Å². The summed E-state index contributed by atoms with van der Waals surface area (Å²) in [6.45, 7) is 5.13. The fourth-order valence-electron chi connectivity index (χ4n) is 14.2. The van der Waals surface area contributed by atoms with E-state index in [2.05, 4.69) is 106 Å². The standard InChI is InChI=1S/C83H136N28O26/c1-8-40(3)63(79(134)95-34-62(120)111-27-17-23-57(111)78(133)94-33-61(119)99-47(21-15-25-92-82(87)88)70(125)97-42(5)69(124)103-50(68(86)123)28-45-18-11-10-12-19-45)108-74(129)51(29-46-32-91-39-96-46)106-80(135)64(41(4)9-2)109-77(132)55(36-113)107-72(127)48(20-13-14-24-84)101-71(126)49(22-16-26-93-83(89)90)102-81(136)65(43(6)115)110-75(130)52(30-59(85)117)104-73(128)53(105-76(131)54(35-112)98-44(7)116)31-60(118)100-56-38-137-58(37-114)67(122)66(56)121/h10-12,18-19,32,39-43,47-58,63-67,112-115,121-122H,8-9,13-17,20-31,33-38,84H2,1-7H3,(H2,85,117)(H2,86,123)(H,91,96)(H,94,133)(H,95,134)(H,97,125)(H,98,116)(H,99,119)(H,100,118)(H,101,126)(H,102,136)(H,103,124)(H,104,128)(H,105,131)(H,106,135)(H,107,127)(H,108,129)(H,109,132)(H,110,130)(H4,87,88,92)(H4,89,90,93)/t40-,41-,42-,43+,47-,48-,49-,50-,51-,52-,53-,54-,55-,56-,57-,58+,63-,64-,65-,66+,67+/m0/s1. The first-order valence-corrected chi connectivity index (χ1v) is 44.8. The number of nitrogens with two attached hydrogens (primary N) is 5. The van der Waals surface area contributed by atoms with E-state index in [9.17, 15) is 122 Å². The molecular formula is C83H136N28O26. The van der Waals surface area contributed by atoms with Crippen LogP contribution in [0.15, 0.2) is 42.9 Å². The van der Waals surface area contributed by atoms with Crippen molar-refractivity contribution in [1.29, 1.82) is 10.8 Å². The van der Waals surface area contributed by atoms with E-state index >= 15 is 0 Å². The molecule has 37 N–H and O–H groups in total. The number of likely N-dealkylation sites (tertiary alicyclic amines) is 1. The molecule has 4 rings (SSSR count). The normalized spacial score (nSPS) is 18.5. The highest BCUT2D eigenvalue weighted by atomic mass is 16.5. The van der Waals surface area contributed by atoms with Crippen molar-refractivity contribution >= 4 is 124 Å². The van der Waals surface area contributed by atoms with Crippen LogP contribution in [0.2, 0.25) is 0 Å². The zero-order chi connectivity index (χ0) is 102. The molecule has 1 aromatic carbocycles. The third-order valence-corrected chi connectivity index (χ3v) is 22.4. The number of aliphatic hydroxyl groups is 6. The minimum Gasteiger partial charge on any atom is -0.394 e. The molecule has 54 heteroatoms. The molecule has 0 spiro atoms. The van der Waals surface area contributed by atoms with Crippen molar-refractivity contribution in [2.45, 2.75) is 260 Å². The van der Waals surface area contributed by atoms with Gasteiger partial charge < -0.3 is 170 Å². The summed E-state index contributed by atoms with van der Waals surface area (Å²) < 4.78 is 5.28. The summed E-state index contributed by atoms with van der Waals surface area (Å²) in [6.07, 6.45) is -5.75. The molecule has 2 saturated heterocycles. The number of rotatable bonds is 60. The second kappa shape index (κ2) is 59.5. The Bertz CT molecular complexity index is 4420. The summed E-state index contributed by atoms with van der Waals surface area (Å²) in [5.41, 5.74) is 28.7. The summed E-state index contributed by atoms with van der Waals surface area (Å²) in [6, 6.07) is -15.5. The van der Waals surface area contributed by atoms with Crippen LogP contribution < -0.4 is 124 Å². The van der Waals surface area contributed by atoms with Gasteiger partial charge in [0.25, 0.3) is 0 Å². The van der Waals surface area contributed by atoms with Crippen LogP contribution in [-0.4, -0.2) is 350 Å². The molecule has 0 saturated carbocycles. The lowest BCUT2D eigenvalue weighted by molar-refractivity contribution is -0.164. The highest BCUT2D eigenvalue weighted by molar-refractivity contribution is 6.02. The van der Waals surface area contributed by atoms with Crippen LogP contribution in [0.1, 0.15) is 143 Å². The lowest BCUT2D eigenvalue weighted by atomic mass is 9.96. The summed E-state index contributed by atoms with van der Waals surface area (Å²) in [4.78, 5) is 270. The molecule has 0 unspecified atom stereocenters. The number of guanidine groups is 2. The number of carbonyl (C=O) groups excluding carboxylic acids is 19. The first-order valence-electron chi connectivity index (χ1n) is 44.8. The number of hydrogen-bond donors (Lipinski definition) is 32. The number of nitrogens with one attached hydrogen (secondary N) is 21. The number of carbonyl (C=O) groups is 19. The maximum atomic E-state index is 14.7. The Morgan fingerprint density at radius 2 is 1.00 bits per heavy atom. The molecular weight excluding hydrogens is 1810 g/mol. The predicted molar refractivity (Wildman–Crippen MR) is 484 cm³/mol. The molecule has 21 atom stereocenters. The number of H-pyrrole nitrogens is 1. The number of primary amides is 2. The highest BCUT2D eigenvalue weighted by Gasteiger charge is 2.44.